The normalized spacial score (nSPS) is 27.6. The zero-order chi connectivity index (χ0) is 20.3. The number of allylic oxidation sites excluding steroid dienone is 1. The lowest BCUT2D eigenvalue weighted by atomic mass is 9.69. The number of hydrogen-bond donors (Lipinski definition) is 1. The fraction of sp³-hybridized carbons (Fsp3) is 0.667. The van der Waals surface area contributed by atoms with Gasteiger partial charge in [-0.2, -0.15) is 0 Å². The molecular formula is C24H37NO3. The highest BCUT2D eigenvalue weighted by atomic mass is 16.5. The SMILES string of the molecule is C=CCc1cc(CN2C[C@H]3CCC[C@](O)(CC)[C@H]3C2)cc(OC)c1OC(C)C. The molecule has 0 radical (unpaired) electrons. The van der Waals surface area contributed by atoms with Gasteiger partial charge in [-0.15, -0.1) is 6.58 Å². The van der Waals surface area contributed by atoms with E-state index in [2.05, 4.69) is 30.5 Å². The van der Waals surface area contributed by atoms with Gasteiger partial charge in [-0.25, -0.2) is 0 Å². The number of aliphatic hydroxyl groups is 1. The largest absolute Gasteiger partial charge is 0.493 e. The molecule has 1 aromatic rings. The van der Waals surface area contributed by atoms with E-state index in [1.54, 1.807) is 7.11 Å². The Kier molecular flexibility index (Phi) is 6.72. The highest BCUT2D eigenvalue weighted by Crippen LogP contribution is 2.45. The topological polar surface area (TPSA) is 41.9 Å². The molecular weight excluding hydrogens is 350 g/mol. The summed E-state index contributed by atoms with van der Waals surface area (Å²) in [5.74, 6) is 2.66. The lowest BCUT2D eigenvalue weighted by molar-refractivity contribution is -0.0613. The van der Waals surface area contributed by atoms with Crippen LogP contribution in [0.25, 0.3) is 0 Å². The van der Waals surface area contributed by atoms with Crippen molar-refractivity contribution in [1.29, 1.82) is 0 Å². The standard InChI is InChI=1S/C24H37NO3/c1-6-9-19-12-18(13-22(27-5)23(19)28-17(3)4)14-25-15-20-10-8-11-24(26,7-2)21(20)16-25/h6,12-13,17,20-21,26H,1,7-11,14-16H2,2-5H3/t20-,21+,24-/m1/s1. The Morgan fingerprint density at radius 3 is 2.79 bits per heavy atom. The predicted octanol–water partition coefficient (Wildman–Crippen LogP) is 4.58. The third-order valence-corrected chi connectivity index (χ3v) is 6.54. The first-order valence-corrected chi connectivity index (χ1v) is 10.8. The van der Waals surface area contributed by atoms with Crippen molar-refractivity contribution in [3.05, 3.63) is 35.9 Å². The molecule has 3 atom stereocenters. The summed E-state index contributed by atoms with van der Waals surface area (Å²) in [5, 5.41) is 11.1. The zero-order valence-corrected chi connectivity index (χ0v) is 18.0. The van der Waals surface area contributed by atoms with Crippen LogP contribution in [0.15, 0.2) is 24.8 Å². The molecule has 156 valence electrons. The summed E-state index contributed by atoms with van der Waals surface area (Å²) < 4.78 is 11.7. The van der Waals surface area contributed by atoms with Gasteiger partial charge < -0.3 is 14.6 Å². The Morgan fingerprint density at radius 2 is 2.14 bits per heavy atom. The third-order valence-electron chi connectivity index (χ3n) is 6.54. The number of rotatable bonds is 8. The molecule has 1 saturated heterocycles. The fourth-order valence-corrected chi connectivity index (χ4v) is 5.19. The van der Waals surface area contributed by atoms with Gasteiger partial charge in [0.2, 0.25) is 0 Å². The second-order valence-electron chi connectivity index (χ2n) is 8.86. The molecule has 28 heavy (non-hydrogen) atoms. The van der Waals surface area contributed by atoms with Crippen LogP contribution in [-0.4, -0.2) is 41.9 Å². The van der Waals surface area contributed by atoms with Gasteiger partial charge in [-0.1, -0.05) is 25.5 Å². The lowest BCUT2D eigenvalue weighted by Gasteiger charge is -2.40. The Balaban J connectivity index is 1.80. The van der Waals surface area contributed by atoms with E-state index in [9.17, 15) is 5.11 Å². The van der Waals surface area contributed by atoms with E-state index in [-0.39, 0.29) is 6.10 Å². The van der Waals surface area contributed by atoms with Crippen LogP contribution in [0, 0.1) is 11.8 Å². The van der Waals surface area contributed by atoms with Crippen LogP contribution in [-0.2, 0) is 13.0 Å². The number of methoxy groups -OCH3 is 1. The third kappa shape index (κ3) is 4.38. The van der Waals surface area contributed by atoms with Crippen LogP contribution in [0.1, 0.15) is 57.6 Å². The zero-order valence-electron chi connectivity index (χ0n) is 18.0. The van der Waals surface area contributed by atoms with Gasteiger partial charge in [0.1, 0.15) is 0 Å². The first-order valence-electron chi connectivity index (χ1n) is 10.8. The van der Waals surface area contributed by atoms with Crippen LogP contribution in [0.3, 0.4) is 0 Å². The minimum atomic E-state index is -0.474. The fourth-order valence-electron chi connectivity index (χ4n) is 5.19. The Labute approximate surface area is 170 Å². The number of likely N-dealkylation sites (tertiary alicyclic amines) is 1. The molecule has 4 heteroatoms. The maximum absolute atomic E-state index is 11.1. The van der Waals surface area contributed by atoms with E-state index < -0.39 is 5.60 Å². The minimum Gasteiger partial charge on any atom is -0.493 e. The number of fused-ring (bicyclic) bond motifs is 1. The summed E-state index contributed by atoms with van der Waals surface area (Å²) in [4.78, 5) is 2.51. The van der Waals surface area contributed by atoms with Crippen LogP contribution >= 0.6 is 0 Å². The van der Waals surface area contributed by atoms with E-state index >= 15 is 0 Å². The van der Waals surface area contributed by atoms with Crippen LogP contribution in [0.2, 0.25) is 0 Å². The minimum absolute atomic E-state index is 0.0942. The van der Waals surface area contributed by atoms with Crippen LogP contribution in [0.5, 0.6) is 11.5 Å². The molecule has 3 rings (SSSR count). The van der Waals surface area contributed by atoms with Crippen molar-refractivity contribution in [3.63, 3.8) is 0 Å². The van der Waals surface area contributed by atoms with Crippen molar-refractivity contribution in [2.45, 2.75) is 71.1 Å². The molecule has 0 bridgehead atoms. The molecule has 0 aromatic heterocycles. The van der Waals surface area contributed by atoms with E-state index in [1.165, 1.54) is 12.0 Å². The highest BCUT2D eigenvalue weighted by molar-refractivity contribution is 5.50. The average Bonchev–Trinajstić information content (AvgIpc) is 3.07. The molecule has 1 N–H and O–H groups in total. The Bertz CT molecular complexity index is 687. The molecule has 2 fully saturated rings. The molecule has 1 aliphatic carbocycles. The second kappa shape index (κ2) is 8.87. The molecule has 1 saturated carbocycles. The first kappa shape index (κ1) is 21.2. The van der Waals surface area contributed by atoms with Crippen molar-refractivity contribution in [1.82, 2.24) is 4.90 Å². The molecule has 0 amide bonds. The Hall–Kier alpha value is -1.52. The van der Waals surface area contributed by atoms with E-state index in [0.29, 0.717) is 11.8 Å². The smallest absolute Gasteiger partial charge is 0.165 e. The quantitative estimate of drug-likeness (QED) is 0.663. The molecule has 2 aliphatic rings. The van der Waals surface area contributed by atoms with E-state index in [1.807, 2.05) is 19.9 Å². The first-order chi connectivity index (χ1) is 13.4. The monoisotopic (exact) mass is 387 g/mol. The molecule has 0 spiro atoms. The molecule has 0 unspecified atom stereocenters. The summed E-state index contributed by atoms with van der Waals surface area (Å²) in [6, 6.07) is 4.34. The van der Waals surface area contributed by atoms with Crippen LogP contribution < -0.4 is 9.47 Å². The maximum Gasteiger partial charge on any atom is 0.165 e. The number of hydrogen-bond acceptors (Lipinski definition) is 4. The summed E-state index contributed by atoms with van der Waals surface area (Å²) in [6.45, 7) is 13.0. The average molecular weight is 388 g/mol. The number of nitrogens with zero attached hydrogens (tertiary/aromatic N) is 1. The highest BCUT2D eigenvalue weighted by Gasteiger charge is 2.47. The lowest BCUT2D eigenvalue weighted by Crippen LogP contribution is -2.44. The predicted molar refractivity (Wildman–Crippen MR) is 114 cm³/mol. The van der Waals surface area contributed by atoms with Crippen LogP contribution in [0.4, 0.5) is 0 Å². The molecule has 4 nitrogen and oxygen atoms in total. The van der Waals surface area contributed by atoms with Gasteiger partial charge in [0, 0.05) is 31.1 Å². The molecule has 1 heterocycles. The van der Waals surface area contributed by atoms with Crippen molar-refractivity contribution >= 4 is 0 Å². The number of ether oxygens (including phenoxy) is 2. The van der Waals surface area contributed by atoms with Gasteiger partial charge in [0.15, 0.2) is 11.5 Å². The van der Waals surface area contributed by atoms with Crippen molar-refractivity contribution < 1.29 is 14.6 Å². The summed E-state index contributed by atoms with van der Waals surface area (Å²) >= 11 is 0. The van der Waals surface area contributed by atoms with E-state index in [0.717, 1.165) is 62.4 Å². The summed E-state index contributed by atoms with van der Waals surface area (Å²) in [6.07, 6.45) is 6.98. The van der Waals surface area contributed by atoms with Gasteiger partial charge in [0.05, 0.1) is 18.8 Å². The number of benzene rings is 1. The molecule has 1 aliphatic heterocycles. The Morgan fingerprint density at radius 1 is 1.36 bits per heavy atom. The summed E-state index contributed by atoms with van der Waals surface area (Å²) in [5.41, 5.74) is 1.89. The van der Waals surface area contributed by atoms with Gasteiger partial charge >= 0.3 is 0 Å². The maximum atomic E-state index is 11.1. The van der Waals surface area contributed by atoms with Crippen molar-refractivity contribution in [2.75, 3.05) is 20.2 Å². The van der Waals surface area contributed by atoms with E-state index in [4.69, 9.17) is 9.47 Å². The summed E-state index contributed by atoms with van der Waals surface area (Å²) in [7, 11) is 1.70. The second-order valence-corrected chi connectivity index (χ2v) is 8.86. The van der Waals surface area contributed by atoms with Gasteiger partial charge in [-0.3, -0.25) is 4.90 Å². The van der Waals surface area contributed by atoms with Gasteiger partial charge in [0.25, 0.3) is 0 Å². The van der Waals surface area contributed by atoms with Gasteiger partial charge in [-0.05, 0) is 57.1 Å². The molecule has 1 aromatic carbocycles. The van der Waals surface area contributed by atoms with Crippen molar-refractivity contribution in [3.8, 4) is 11.5 Å². The van der Waals surface area contributed by atoms with Crippen molar-refractivity contribution in [2.24, 2.45) is 11.8 Å².